The number of nitrogen functional groups attached to an aromatic ring is 1. The summed E-state index contributed by atoms with van der Waals surface area (Å²) in [6, 6.07) is 2.93. The molecule has 2 rings (SSSR count). The summed E-state index contributed by atoms with van der Waals surface area (Å²) in [7, 11) is 1.86. The Morgan fingerprint density at radius 1 is 1.44 bits per heavy atom. The van der Waals surface area contributed by atoms with E-state index in [4.69, 9.17) is 5.73 Å². The Bertz CT molecular complexity index is 542. The highest BCUT2D eigenvalue weighted by Crippen LogP contribution is 1.99. The molecule has 0 aliphatic carbocycles. The van der Waals surface area contributed by atoms with Gasteiger partial charge >= 0.3 is 0 Å². The van der Waals surface area contributed by atoms with Gasteiger partial charge in [0, 0.05) is 25.9 Å². The lowest BCUT2D eigenvalue weighted by molar-refractivity contribution is 0.582. The minimum Gasteiger partial charge on any atom is -0.382 e. The number of nitrogens with two attached hydrogens (primary N) is 1. The molecule has 2 N–H and O–H groups in total. The van der Waals surface area contributed by atoms with E-state index in [0.717, 1.165) is 5.56 Å². The third-order valence-corrected chi connectivity index (χ3v) is 2.26. The summed E-state index contributed by atoms with van der Waals surface area (Å²) in [5.41, 5.74) is 6.44. The average Bonchev–Trinajstić information content (AvgIpc) is 2.66. The number of rotatable bonds is 3. The second kappa shape index (κ2) is 4.18. The molecule has 2 aromatic rings. The van der Waals surface area contributed by atoms with E-state index >= 15 is 0 Å². The van der Waals surface area contributed by atoms with Crippen molar-refractivity contribution in [2.45, 2.75) is 13.0 Å². The van der Waals surface area contributed by atoms with Crippen LogP contribution >= 0.6 is 0 Å². The van der Waals surface area contributed by atoms with Crippen LogP contribution in [0.2, 0.25) is 0 Å². The molecule has 0 aromatic carbocycles. The van der Waals surface area contributed by atoms with Gasteiger partial charge in [0.05, 0.1) is 6.20 Å². The van der Waals surface area contributed by atoms with Crippen molar-refractivity contribution < 1.29 is 0 Å². The zero-order chi connectivity index (χ0) is 11.5. The first-order chi connectivity index (χ1) is 7.65. The monoisotopic (exact) mass is 219 g/mol. The highest BCUT2D eigenvalue weighted by molar-refractivity contribution is 5.23. The molecule has 0 fully saturated rings. The minimum absolute atomic E-state index is 0.141. The zero-order valence-corrected chi connectivity index (χ0v) is 9.00. The predicted molar refractivity (Wildman–Crippen MR) is 59.8 cm³/mol. The Hall–Kier alpha value is -2.11. The SMILES string of the molecule is Cn1cc(CCn2nc(N)ccc2=O)cn1. The fraction of sp³-hybridized carbons (Fsp3) is 0.300. The maximum atomic E-state index is 11.4. The van der Waals surface area contributed by atoms with Crippen molar-refractivity contribution in [1.82, 2.24) is 19.6 Å². The molecule has 2 aromatic heterocycles. The molecule has 0 saturated heterocycles. The van der Waals surface area contributed by atoms with E-state index in [9.17, 15) is 4.79 Å². The largest absolute Gasteiger partial charge is 0.382 e. The van der Waals surface area contributed by atoms with Crippen molar-refractivity contribution in [3.05, 3.63) is 40.4 Å². The van der Waals surface area contributed by atoms with E-state index < -0.39 is 0 Å². The normalized spacial score (nSPS) is 10.6. The summed E-state index contributed by atoms with van der Waals surface area (Å²) >= 11 is 0. The van der Waals surface area contributed by atoms with E-state index in [2.05, 4.69) is 10.2 Å². The highest BCUT2D eigenvalue weighted by atomic mass is 16.1. The maximum absolute atomic E-state index is 11.4. The Kier molecular flexibility index (Phi) is 2.72. The van der Waals surface area contributed by atoms with E-state index in [0.29, 0.717) is 18.8 Å². The van der Waals surface area contributed by atoms with Crippen LogP contribution in [-0.4, -0.2) is 19.6 Å². The second-order valence-corrected chi connectivity index (χ2v) is 3.59. The molecule has 0 radical (unpaired) electrons. The molecule has 16 heavy (non-hydrogen) atoms. The molecule has 84 valence electrons. The zero-order valence-electron chi connectivity index (χ0n) is 9.00. The Morgan fingerprint density at radius 2 is 2.25 bits per heavy atom. The van der Waals surface area contributed by atoms with E-state index in [1.54, 1.807) is 10.9 Å². The molecule has 0 unspecified atom stereocenters. The smallest absolute Gasteiger partial charge is 0.266 e. The molecule has 0 spiro atoms. The summed E-state index contributed by atoms with van der Waals surface area (Å²) in [5, 5.41) is 8.00. The number of aryl methyl sites for hydroxylation is 3. The lowest BCUT2D eigenvalue weighted by Crippen LogP contribution is -2.23. The summed E-state index contributed by atoms with van der Waals surface area (Å²) < 4.78 is 3.09. The second-order valence-electron chi connectivity index (χ2n) is 3.59. The third-order valence-electron chi connectivity index (χ3n) is 2.26. The first-order valence-electron chi connectivity index (χ1n) is 4.96. The van der Waals surface area contributed by atoms with Crippen LogP contribution in [0.25, 0.3) is 0 Å². The topological polar surface area (TPSA) is 78.7 Å². The Morgan fingerprint density at radius 3 is 2.94 bits per heavy atom. The number of hydrogen-bond donors (Lipinski definition) is 1. The molecule has 0 saturated carbocycles. The quantitative estimate of drug-likeness (QED) is 0.775. The fourth-order valence-electron chi connectivity index (χ4n) is 1.46. The average molecular weight is 219 g/mol. The molecule has 6 nitrogen and oxygen atoms in total. The van der Waals surface area contributed by atoms with Crippen molar-refractivity contribution in [2.75, 3.05) is 5.73 Å². The van der Waals surface area contributed by atoms with Gasteiger partial charge in [0.1, 0.15) is 5.82 Å². The van der Waals surface area contributed by atoms with Gasteiger partial charge in [0.15, 0.2) is 0 Å². The van der Waals surface area contributed by atoms with Crippen LogP contribution < -0.4 is 11.3 Å². The summed E-state index contributed by atoms with van der Waals surface area (Å²) in [5.74, 6) is 0.353. The van der Waals surface area contributed by atoms with Gasteiger partial charge in [0.2, 0.25) is 0 Å². The standard InChI is InChI=1S/C10H13N5O/c1-14-7-8(6-12-14)4-5-15-10(16)3-2-9(11)13-15/h2-3,6-7H,4-5H2,1H3,(H2,11,13). The van der Waals surface area contributed by atoms with Crippen LogP contribution in [0.3, 0.4) is 0 Å². The lowest BCUT2D eigenvalue weighted by Gasteiger charge is -2.03. The Labute approximate surface area is 92.3 Å². The van der Waals surface area contributed by atoms with Crippen molar-refractivity contribution in [1.29, 1.82) is 0 Å². The van der Waals surface area contributed by atoms with Gasteiger partial charge in [-0.05, 0) is 18.1 Å². The van der Waals surface area contributed by atoms with Crippen LogP contribution in [0, 0.1) is 0 Å². The van der Waals surface area contributed by atoms with Crippen LogP contribution in [-0.2, 0) is 20.0 Å². The van der Waals surface area contributed by atoms with Crippen LogP contribution in [0.15, 0.2) is 29.3 Å². The van der Waals surface area contributed by atoms with Crippen molar-refractivity contribution >= 4 is 5.82 Å². The maximum Gasteiger partial charge on any atom is 0.266 e. The molecular weight excluding hydrogens is 206 g/mol. The molecular formula is C10H13N5O. The first kappa shape index (κ1) is 10.4. The first-order valence-corrected chi connectivity index (χ1v) is 4.96. The van der Waals surface area contributed by atoms with Crippen molar-refractivity contribution in [2.24, 2.45) is 7.05 Å². The van der Waals surface area contributed by atoms with Crippen LogP contribution in [0.5, 0.6) is 0 Å². The number of hydrogen-bond acceptors (Lipinski definition) is 4. The molecule has 6 heteroatoms. The summed E-state index contributed by atoms with van der Waals surface area (Å²) in [4.78, 5) is 11.4. The van der Waals surface area contributed by atoms with Crippen molar-refractivity contribution in [3.8, 4) is 0 Å². The van der Waals surface area contributed by atoms with E-state index in [1.165, 1.54) is 16.8 Å². The fourth-order valence-corrected chi connectivity index (χ4v) is 1.46. The molecule has 0 aliphatic rings. The van der Waals surface area contributed by atoms with Crippen molar-refractivity contribution in [3.63, 3.8) is 0 Å². The van der Waals surface area contributed by atoms with Gasteiger partial charge in [-0.1, -0.05) is 0 Å². The molecule has 0 amide bonds. The van der Waals surface area contributed by atoms with Gasteiger partial charge in [-0.2, -0.15) is 10.2 Å². The van der Waals surface area contributed by atoms with Gasteiger partial charge in [0.25, 0.3) is 5.56 Å². The molecule has 0 bridgehead atoms. The number of aromatic nitrogens is 4. The molecule has 0 atom stereocenters. The van der Waals surface area contributed by atoms with Gasteiger partial charge < -0.3 is 5.73 Å². The van der Waals surface area contributed by atoms with Gasteiger partial charge in [-0.15, -0.1) is 0 Å². The summed E-state index contributed by atoms with van der Waals surface area (Å²) in [6.07, 6.45) is 4.40. The molecule has 0 aliphatic heterocycles. The van der Waals surface area contributed by atoms with E-state index in [-0.39, 0.29) is 5.56 Å². The Balaban J connectivity index is 2.10. The lowest BCUT2D eigenvalue weighted by atomic mass is 10.2. The van der Waals surface area contributed by atoms with Gasteiger partial charge in [-0.25, -0.2) is 4.68 Å². The van der Waals surface area contributed by atoms with Gasteiger partial charge in [-0.3, -0.25) is 9.48 Å². The third kappa shape index (κ3) is 2.28. The highest BCUT2D eigenvalue weighted by Gasteiger charge is 2.00. The predicted octanol–water partition coefficient (Wildman–Crippen LogP) is -0.198. The van der Waals surface area contributed by atoms with Crippen LogP contribution in [0.1, 0.15) is 5.56 Å². The van der Waals surface area contributed by atoms with Crippen LogP contribution in [0.4, 0.5) is 5.82 Å². The minimum atomic E-state index is -0.141. The molecule has 2 heterocycles. The summed E-state index contributed by atoms with van der Waals surface area (Å²) in [6.45, 7) is 0.509. The number of anilines is 1. The van der Waals surface area contributed by atoms with E-state index in [1.807, 2.05) is 13.2 Å². The number of nitrogens with zero attached hydrogens (tertiary/aromatic N) is 4.